The monoisotopic (exact) mass is 269 g/mol. The first-order valence-electron chi connectivity index (χ1n) is 3.61. The molecule has 8 heteroatoms. The quantitative estimate of drug-likeness (QED) is 0.763. The molecule has 0 saturated carbocycles. The lowest BCUT2D eigenvalue weighted by Gasteiger charge is -2.04. The van der Waals surface area contributed by atoms with E-state index in [1.165, 1.54) is 19.2 Å². The van der Waals surface area contributed by atoms with E-state index in [9.17, 15) is 13.2 Å². The summed E-state index contributed by atoms with van der Waals surface area (Å²) in [6.45, 7) is 1.51. The number of aryl methyl sites for hydroxylation is 1. The van der Waals surface area contributed by atoms with Crippen LogP contribution in [0.2, 0.25) is 0 Å². The Morgan fingerprint density at radius 3 is 2.60 bits per heavy atom. The molecule has 0 spiro atoms. The standard InChI is InChI=1S/C7H5Cl2NO4S/c1-4-2-3-10-6(15(9,12)13)5(4)7(11)14-8/h2-3H,1H3. The Morgan fingerprint density at radius 2 is 2.13 bits per heavy atom. The van der Waals surface area contributed by atoms with Gasteiger partial charge in [-0.15, -0.1) is 0 Å². The Morgan fingerprint density at radius 1 is 1.53 bits per heavy atom. The van der Waals surface area contributed by atoms with Crippen LogP contribution in [0.1, 0.15) is 15.9 Å². The first-order chi connectivity index (χ1) is 6.88. The van der Waals surface area contributed by atoms with E-state index < -0.39 is 20.0 Å². The predicted octanol–water partition coefficient (Wildman–Crippen LogP) is 1.63. The summed E-state index contributed by atoms with van der Waals surface area (Å²) in [6, 6.07) is 1.44. The van der Waals surface area contributed by atoms with E-state index in [1.807, 2.05) is 0 Å². The molecular formula is C7H5Cl2NO4S. The van der Waals surface area contributed by atoms with Gasteiger partial charge in [-0.3, -0.25) is 0 Å². The highest BCUT2D eigenvalue weighted by atomic mass is 35.7. The molecule has 0 N–H and O–H groups in total. The average Bonchev–Trinajstić information content (AvgIpc) is 2.15. The van der Waals surface area contributed by atoms with Gasteiger partial charge in [-0.1, -0.05) is 0 Å². The predicted molar refractivity (Wildman–Crippen MR) is 53.3 cm³/mol. The van der Waals surface area contributed by atoms with Crippen LogP contribution in [0, 0.1) is 6.92 Å². The Bertz CT molecular complexity index is 500. The van der Waals surface area contributed by atoms with E-state index >= 15 is 0 Å². The van der Waals surface area contributed by atoms with Crippen LogP contribution < -0.4 is 0 Å². The number of aromatic nitrogens is 1. The van der Waals surface area contributed by atoms with E-state index in [1.54, 1.807) is 0 Å². The maximum Gasteiger partial charge on any atom is 0.359 e. The van der Waals surface area contributed by atoms with E-state index in [2.05, 4.69) is 9.27 Å². The zero-order valence-corrected chi connectivity index (χ0v) is 9.73. The van der Waals surface area contributed by atoms with Crippen LogP contribution >= 0.6 is 22.5 Å². The Hall–Kier alpha value is -0.850. The van der Waals surface area contributed by atoms with Crippen molar-refractivity contribution in [2.24, 2.45) is 0 Å². The summed E-state index contributed by atoms with van der Waals surface area (Å²) in [4.78, 5) is 14.7. The summed E-state index contributed by atoms with van der Waals surface area (Å²) < 4.78 is 26.1. The van der Waals surface area contributed by atoms with Crippen molar-refractivity contribution < 1.29 is 17.5 Å². The van der Waals surface area contributed by atoms with Crippen molar-refractivity contribution in [2.75, 3.05) is 0 Å². The third kappa shape index (κ3) is 2.58. The Kier molecular flexibility index (Phi) is 3.54. The third-order valence-corrected chi connectivity index (χ3v) is 2.98. The highest BCUT2D eigenvalue weighted by molar-refractivity contribution is 8.13. The molecule has 1 rings (SSSR count). The van der Waals surface area contributed by atoms with Gasteiger partial charge in [0.2, 0.25) is 0 Å². The number of hydrogen-bond acceptors (Lipinski definition) is 5. The highest BCUT2D eigenvalue weighted by Gasteiger charge is 2.25. The summed E-state index contributed by atoms with van der Waals surface area (Å²) in [5.41, 5.74) is 0.0948. The summed E-state index contributed by atoms with van der Waals surface area (Å²) in [7, 11) is 0.986. The van der Waals surface area contributed by atoms with Gasteiger partial charge in [0.25, 0.3) is 9.05 Å². The van der Waals surface area contributed by atoms with Crippen molar-refractivity contribution in [3.05, 3.63) is 23.4 Å². The van der Waals surface area contributed by atoms with E-state index in [0.717, 1.165) is 0 Å². The molecule has 0 aliphatic rings. The lowest BCUT2D eigenvalue weighted by Crippen LogP contribution is -2.10. The van der Waals surface area contributed by atoms with Crippen molar-refractivity contribution in [1.29, 1.82) is 0 Å². The summed E-state index contributed by atoms with van der Waals surface area (Å²) in [6.07, 6.45) is 1.22. The van der Waals surface area contributed by atoms with E-state index in [-0.39, 0.29) is 5.56 Å². The Balaban J connectivity index is 3.54. The smallest absolute Gasteiger partial charge is 0.343 e. The molecule has 0 aromatic carbocycles. The molecule has 1 aromatic heterocycles. The number of halogens is 2. The summed E-state index contributed by atoms with van der Waals surface area (Å²) in [5.74, 6) is -1.01. The lowest BCUT2D eigenvalue weighted by atomic mass is 10.2. The van der Waals surface area contributed by atoms with Crippen molar-refractivity contribution in [1.82, 2.24) is 4.98 Å². The van der Waals surface area contributed by atoms with Crippen molar-refractivity contribution >= 4 is 37.6 Å². The summed E-state index contributed by atoms with van der Waals surface area (Å²) in [5, 5.41) is -0.560. The lowest BCUT2D eigenvalue weighted by molar-refractivity contribution is 0.0745. The second-order valence-corrected chi connectivity index (χ2v) is 5.25. The maximum atomic E-state index is 11.2. The van der Waals surface area contributed by atoms with E-state index in [0.29, 0.717) is 5.56 Å². The van der Waals surface area contributed by atoms with Crippen LogP contribution in [0.15, 0.2) is 17.3 Å². The van der Waals surface area contributed by atoms with Gasteiger partial charge in [-0.05, 0) is 18.6 Å². The first kappa shape index (κ1) is 12.2. The van der Waals surface area contributed by atoms with Gasteiger partial charge in [0, 0.05) is 16.9 Å². The van der Waals surface area contributed by atoms with Gasteiger partial charge in [0.1, 0.15) is 17.4 Å². The molecule has 0 amide bonds. The molecule has 15 heavy (non-hydrogen) atoms. The zero-order valence-electron chi connectivity index (χ0n) is 7.40. The molecule has 5 nitrogen and oxygen atoms in total. The molecule has 0 radical (unpaired) electrons. The molecule has 0 atom stereocenters. The largest absolute Gasteiger partial charge is 0.359 e. The van der Waals surface area contributed by atoms with Crippen LogP contribution in [0.3, 0.4) is 0 Å². The Labute approximate surface area is 95.6 Å². The summed E-state index contributed by atoms with van der Waals surface area (Å²) >= 11 is 4.87. The van der Waals surface area contributed by atoms with Crippen molar-refractivity contribution in [3.63, 3.8) is 0 Å². The minimum Gasteiger partial charge on any atom is -0.343 e. The topological polar surface area (TPSA) is 73.3 Å². The van der Waals surface area contributed by atoms with Gasteiger partial charge in [0.15, 0.2) is 5.03 Å². The molecule has 0 aliphatic carbocycles. The minimum absolute atomic E-state index is 0.262. The molecule has 1 aromatic rings. The van der Waals surface area contributed by atoms with Gasteiger partial charge >= 0.3 is 5.97 Å². The fourth-order valence-electron chi connectivity index (χ4n) is 1.01. The molecular weight excluding hydrogens is 265 g/mol. The number of nitrogens with zero attached hydrogens (tertiary/aromatic N) is 1. The molecule has 0 bridgehead atoms. The number of carbonyl (C=O) groups excluding carboxylic acids is 1. The van der Waals surface area contributed by atoms with Gasteiger partial charge < -0.3 is 4.29 Å². The average molecular weight is 270 g/mol. The van der Waals surface area contributed by atoms with E-state index in [4.69, 9.17) is 22.5 Å². The SMILES string of the molecule is Cc1ccnc(S(=O)(=O)Cl)c1C(=O)OCl. The van der Waals surface area contributed by atoms with Gasteiger partial charge in [-0.25, -0.2) is 18.2 Å². The zero-order chi connectivity index (χ0) is 11.6. The minimum atomic E-state index is -4.11. The van der Waals surface area contributed by atoms with Crippen LogP contribution in [0.5, 0.6) is 0 Å². The highest BCUT2D eigenvalue weighted by Crippen LogP contribution is 2.21. The van der Waals surface area contributed by atoms with Crippen LogP contribution in [-0.4, -0.2) is 19.4 Å². The fraction of sp³-hybridized carbons (Fsp3) is 0.143. The number of pyridine rings is 1. The molecule has 0 aliphatic heterocycles. The number of rotatable bonds is 2. The molecule has 82 valence electrons. The number of carbonyl (C=O) groups is 1. The number of hydrogen-bond donors (Lipinski definition) is 0. The first-order valence-corrected chi connectivity index (χ1v) is 6.23. The van der Waals surface area contributed by atoms with Crippen LogP contribution in [0.4, 0.5) is 0 Å². The normalized spacial score (nSPS) is 11.1. The van der Waals surface area contributed by atoms with Crippen LogP contribution in [-0.2, 0) is 13.3 Å². The molecule has 0 fully saturated rings. The van der Waals surface area contributed by atoms with Crippen LogP contribution in [0.25, 0.3) is 0 Å². The second kappa shape index (κ2) is 4.34. The van der Waals surface area contributed by atoms with Gasteiger partial charge in [0.05, 0.1) is 0 Å². The second-order valence-electron chi connectivity index (χ2n) is 2.61. The molecule has 0 saturated heterocycles. The third-order valence-electron chi connectivity index (χ3n) is 1.63. The maximum absolute atomic E-state index is 11.2. The fourth-order valence-corrected chi connectivity index (χ4v) is 2.11. The van der Waals surface area contributed by atoms with Gasteiger partial charge in [-0.2, -0.15) is 0 Å². The van der Waals surface area contributed by atoms with Crippen molar-refractivity contribution in [3.8, 4) is 0 Å². The molecule has 0 unspecified atom stereocenters. The van der Waals surface area contributed by atoms with Crippen molar-refractivity contribution in [2.45, 2.75) is 11.9 Å². The molecule has 1 heterocycles.